The number of hydrogen-bond acceptors (Lipinski definition) is 2. The SMILES string of the molecule is Cc1ccc(/C=C/CC(=O)NC(CCO)C(C)C)cc1. The molecule has 0 aliphatic rings. The number of rotatable bonds is 7. The third-order valence-electron chi connectivity index (χ3n) is 3.28. The molecule has 3 heteroatoms. The molecule has 1 atom stereocenters. The van der Waals surface area contributed by atoms with E-state index in [0.29, 0.717) is 18.8 Å². The minimum absolute atomic E-state index is 0.000474. The van der Waals surface area contributed by atoms with E-state index in [1.807, 2.05) is 45.1 Å². The van der Waals surface area contributed by atoms with E-state index in [0.717, 1.165) is 5.56 Å². The second kappa shape index (κ2) is 8.54. The second-order valence-corrected chi connectivity index (χ2v) is 5.45. The number of aryl methyl sites for hydroxylation is 1. The van der Waals surface area contributed by atoms with Crippen LogP contribution in [0.5, 0.6) is 0 Å². The third kappa shape index (κ3) is 6.02. The Morgan fingerprint density at radius 2 is 1.95 bits per heavy atom. The van der Waals surface area contributed by atoms with Crippen LogP contribution in [0.3, 0.4) is 0 Å². The molecule has 1 amide bonds. The lowest BCUT2D eigenvalue weighted by molar-refractivity contribution is -0.121. The van der Waals surface area contributed by atoms with Gasteiger partial charge in [-0.25, -0.2) is 0 Å². The molecule has 1 unspecified atom stereocenters. The van der Waals surface area contributed by atoms with Gasteiger partial charge in [-0.2, -0.15) is 0 Å². The Morgan fingerprint density at radius 3 is 2.50 bits per heavy atom. The van der Waals surface area contributed by atoms with Crippen molar-refractivity contribution in [1.29, 1.82) is 0 Å². The molecule has 2 N–H and O–H groups in total. The number of benzene rings is 1. The molecular weight excluding hydrogens is 250 g/mol. The summed E-state index contributed by atoms with van der Waals surface area (Å²) >= 11 is 0. The Labute approximate surface area is 121 Å². The first-order valence-corrected chi connectivity index (χ1v) is 7.16. The van der Waals surface area contributed by atoms with Crippen molar-refractivity contribution in [2.45, 2.75) is 39.7 Å². The Balaban J connectivity index is 2.44. The van der Waals surface area contributed by atoms with Crippen molar-refractivity contribution in [2.75, 3.05) is 6.61 Å². The number of aliphatic hydroxyl groups is 1. The normalized spacial score (nSPS) is 12.8. The Morgan fingerprint density at radius 1 is 1.30 bits per heavy atom. The van der Waals surface area contributed by atoms with E-state index in [4.69, 9.17) is 5.11 Å². The molecule has 0 aromatic heterocycles. The minimum Gasteiger partial charge on any atom is -0.396 e. The Hall–Kier alpha value is -1.61. The summed E-state index contributed by atoms with van der Waals surface area (Å²) in [5.41, 5.74) is 2.32. The summed E-state index contributed by atoms with van der Waals surface area (Å²) in [6, 6.07) is 8.21. The van der Waals surface area contributed by atoms with Gasteiger partial charge in [-0.15, -0.1) is 0 Å². The minimum atomic E-state index is 0.000474. The van der Waals surface area contributed by atoms with Gasteiger partial charge in [-0.05, 0) is 24.8 Å². The Bertz CT molecular complexity index is 435. The maximum Gasteiger partial charge on any atom is 0.224 e. The third-order valence-corrected chi connectivity index (χ3v) is 3.28. The van der Waals surface area contributed by atoms with E-state index < -0.39 is 0 Å². The fourth-order valence-electron chi connectivity index (χ4n) is 1.96. The lowest BCUT2D eigenvalue weighted by atomic mass is 10.0. The summed E-state index contributed by atoms with van der Waals surface area (Å²) in [4.78, 5) is 11.8. The molecule has 20 heavy (non-hydrogen) atoms. The fourth-order valence-corrected chi connectivity index (χ4v) is 1.96. The number of carbonyl (C=O) groups excluding carboxylic acids is 1. The van der Waals surface area contributed by atoms with Crippen molar-refractivity contribution in [2.24, 2.45) is 5.92 Å². The van der Waals surface area contributed by atoms with Crippen LogP contribution in [0.1, 0.15) is 37.8 Å². The average Bonchev–Trinajstić information content (AvgIpc) is 2.40. The first-order chi connectivity index (χ1) is 9.52. The molecule has 0 fully saturated rings. The summed E-state index contributed by atoms with van der Waals surface area (Å²) < 4.78 is 0. The highest BCUT2D eigenvalue weighted by molar-refractivity contribution is 5.78. The van der Waals surface area contributed by atoms with Crippen molar-refractivity contribution in [3.8, 4) is 0 Å². The van der Waals surface area contributed by atoms with Crippen molar-refractivity contribution < 1.29 is 9.90 Å². The molecular formula is C17H25NO2. The zero-order valence-corrected chi connectivity index (χ0v) is 12.6. The van der Waals surface area contributed by atoms with Gasteiger partial charge in [-0.3, -0.25) is 4.79 Å². The highest BCUT2D eigenvalue weighted by Gasteiger charge is 2.14. The molecule has 0 aliphatic carbocycles. The van der Waals surface area contributed by atoms with E-state index in [1.165, 1.54) is 5.56 Å². The first-order valence-electron chi connectivity index (χ1n) is 7.16. The molecule has 1 rings (SSSR count). The van der Waals surface area contributed by atoms with Gasteiger partial charge in [0.2, 0.25) is 5.91 Å². The van der Waals surface area contributed by atoms with Crippen molar-refractivity contribution in [1.82, 2.24) is 5.32 Å². The molecule has 0 aliphatic heterocycles. The number of amides is 1. The Kier molecular flexibility index (Phi) is 7.02. The number of hydrogen-bond donors (Lipinski definition) is 2. The maximum absolute atomic E-state index is 11.8. The van der Waals surface area contributed by atoms with Gasteiger partial charge in [0.25, 0.3) is 0 Å². The van der Waals surface area contributed by atoms with Crippen LogP contribution in [0, 0.1) is 12.8 Å². The van der Waals surface area contributed by atoms with Crippen molar-refractivity contribution >= 4 is 12.0 Å². The molecule has 3 nitrogen and oxygen atoms in total. The highest BCUT2D eigenvalue weighted by Crippen LogP contribution is 2.07. The monoisotopic (exact) mass is 275 g/mol. The largest absolute Gasteiger partial charge is 0.396 e. The van der Waals surface area contributed by atoms with Crippen LogP contribution in [0.2, 0.25) is 0 Å². The summed E-state index contributed by atoms with van der Waals surface area (Å²) in [5, 5.41) is 11.9. The van der Waals surface area contributed by atoms with E-state index in [1.54, 1.807) is 0 Å². The van der Waals surface area contributed by atoms with E-state index in [2.05, 4.69) is 17.4 Å². The fraction of sp³-hybridized carbons (Fsp3) is 0.471. The molecule has 0 saturated carbocycles. The molecule has 1 aromatic rings. The lowest BCUT2D eigenvalue weighted by Gasteiger charge is -2.21. The van der Waals surface area contributed by atoms with Gasteiger partial charge in [0.15, 0.2) is 0 Å². The summed E-state index contributed by atoms with van der Waals surface area (Å²) in [6.07, 6.45) is 4.79. The molecule has 0 radical (unpaired) electrons. The molecule has 0 spiro atoms. The quantitative estimate of drug-likeness (QED) is 0.804. The number of aliphatic hydroxyl groups excluding tert-OH is 1. The maximum atomic E-state index is 11.8. The van der Waals surface area contributed by atoms with Gasteiger partial charge in [-0.1, -0.05) is 55.8 Å². The summed E-state index contributed by atoms with van der Waals surface area (Å²) in [7, 11) is 0. The topological polar surface area (TPSA) is 49.3 Å². The zero-order chi connectivity index (χ0) is 15.0. The van der Waals surface area contributed by atoms with Crippen LogP contribution in [0.25, 0.3) is 6.08 Å². The molecule has 0 heterocycles. The van der Waals surface area contributed by atoms with Gasteiger partial charge >= 0.3 is 0 Å². The molecule has 1 aromatic carbocycles. The van der Waals surface area contributed by atoms with Gasteiger partial charge in [0, 0.05) is 19.1 Å². The van der Waals surface area contributed by atoms with Crippen LogP contribution in [0.15, 0.2) is 30.3 Å². The van der Waals surface area contributed by atoms with Crippen LogP contribution < -0.4 is 5.32 Å². The van der Waals surface area contributed by atoms with Gasteiger partial charge in [0.1, 0.15) is 0 Å². The van der Waals surface area contributed by atoms with E-state index in [-0.39, 0.29) is 18.6 Å². The van der Waals surface area contributed by atoms with Crippen LogP contribution in [0.4, 0.5) is 0 Å². The summed E-state index contributed by atoms with van der Waals surface area (Å²) in [6.45, 7) is 6.24. The molecule has 0 bridgehead atoms. The average molecular weight is 275 g/mol. The smallest absolute Gasteiger partial charge is 0.224 e. The lowest BCUT2D eigenvalue weighted by Crippen LogP contribution is -2.38. The van der Waals surface area contributed by atoms with Crippen LogP contribution in [-0.4, -0.2) is 23.7 Å². The van der Waals surface area contributed by atoms with E-state index in [9.17, 15) is 4.79 Å². The molecule has 0 saturated heterocycles. The zero-order valence-electron chi connectivity index (χ0n) is 12.6. The predicted molar refractivity (Wildman–Crippen MR) is 83.3 cm³/mol. The van der Waals surface area contributed by atoms with Crippen molar-refractivity contribution in [3.63, 3.8) is 0 Å². The van der Waals surface area contributed by atoms with Crippen LogP contribution >= 0.6 is 0 Å². The highest BCUT2D eigenvalue weighted by atomic mass is 16.3. The standard InChI is InChI=1S/C17H25NO2/c1-13(2)16(11-12-19)18-17(20)6-4-5-15-9-7-14(3)8-10-15/h4-5,7-10,13,16,19H,6,11-12H2,1-3H3,(H,18,20)/b5-4+. The van der Waals surface area contributed by atoms with Gasteiger partial charge < -0.3 is 10.4 Å². The predicted octanol–water partition coefficient (Wildman–Crippen LogP) is 2.92. The second-order valence-electron chi connectivity index (χ2n) is 5.45. The van der Waals surface area contributed by atoms with E-state index >= 15 is 0 Å². The summed E-state index contributed by atoms with van der Waals surface area (Å²) in [5.74, 6) is 0.327. The molecule has 110 valence electrons. The number of carbonyl (C=O) groups is 1. The van der Waals surface area contributed by atoms with Crippen LogP contribution in [-0.2, 0) is 4.79 Å². The first kappa shape index (κ1) is 16.4. The van der Waals surface area contributed by atoms with Crippen molar-refractivity contribution in [3.05, 3.63) is 41.5 Å². The number of nitrogens with one attached hydrogen (secondary N) is 1. The van der Waals surface area contributed by atoms with Gasteiger partial charge in [0.05, 0.1) is 0 Å².